The van der Waals surface area contributed by atoms with Crippen LogP contribution in [0.25, 0.3) is 11.4 Å². The molecule has 0 aliphatic heterocycles. The Morgan fingerprint density at radius 2 is 1.94 bits per heavy atom. The van der Waals surface area contributed by atoms with Gasteiger partial charge in [0.25, 0.3) is 5.91 Å². The lowest BCUT2D eigenvalue weighted by Crippen LogP contribution is -2.20. The zero-order chi connectivity index (χ0) is 23.1. The smallest absolute Gasteiger partial charge is 0.250 e. The number of carbonyl (C=O) groups excluding carboxylic acids is 1. The van der Waals surface area contributed by atoms with E-state index < -0.39 is 0 Å². The molecule has 0 atom stereocenters. The number of amides is 1. The van der Waals surface area contributed by atoms with E-state index in [4.69, 9.17) is 9.47 Å². The van der Waals surface area contributed by atoms with Crippen LogP contribution in [0.1, 0.15) is 12.5 Å². The number of hydrogen-bond acceptors (Lipinski definition) is 9. The van der Waals surface area contributed by atoms with E-state index in [-0.39, 0.29) is 23.2 Å². The number of phenols is 2. The predicted octanol–water partition coefficient (Wildman–Crippen LogP) is 2.64. The largest absolute Gasteiger partial charge is 0.508 e. The minimum atomic E-state index is -0.345. The third kappa shape index (κ3) is 5.30. The number of carbonyl (C=O) groups is 1. The van der Waals surface area contributed by atoms with Gasteiger partial charge in [0, 0.05) is 23.7 Å². The molecule has 3 aromatic rings. The topological polar surface area (TPSA) is 131 Å². The molecular formula is C21H23N5O5S. The van der Waals surface area contributed by atoms with Crippen LogP contribution in [0.3, 0.4) is 0 Å². The van der Waals surface area contributed by atoms with Crippen LogP contribution < -0.4 is 14.9 Å². The molecule has 2 aromatic carbocycles. The molecule has 0 unspecified atom stereocenters. The van der Waals surface area contributed by atoms with Gasteiger partial charge in [0.15, 0.2) is 22.5 Å². The van der Waals surface area contributed by atoms with Crippen LogP contribution in [-0.4, -0.2) is 57.1 Å². The lowest BCUT2D eigenvalue weighted by molar-refractivity contribution is -0.118. The Labute approximate surface area is 188 Å². The number of nitrogens with one attached hydrogen (secondary N) is 1. The van der Waals surface area contributed by atoms with E-state index in [1.807, 2.05) is 23.6 Å². The van der Waals surface area contributed by atoms with Gasteiger partial charge in [-0.05, 0) is 37.3 Å². The van der Waals surface area contributed by atoms with E-state index in [0.717, 1.165) is 5.56 Å². The fraction of sp³-hybridized carbons (Fsp3) is 0.238. The van der Waals surface area contributed by atoms with Crippen molar-refractivity contribution in [3.8, 4) is 34.4 Å². The molecule has 0 bridgehead atoms. The number of benzene rings is 2. The molecule has 0 aliphatic rings. The van der Waals surface area contributed by atoms with Crippen molar-refractivity contribution in [2.45, 2.75) is 18.6 Å². The first-order chi connectivity index (χ1) is 15.5. The second kappa shape index (κ2) is 10.5. The van der Waals surface area contributed by atoms with Gasteiger partial charge in [0.2, 0.25) is 0 Å². The van der Waals surface area contributed by atoms with Gasteiger partial charge in [-0.15, -0.1) is 10.2 Å². The number of hydrogen-bond donors (Lipinski definition) is 3. The molecule has 0 aliphatic carbocycles. The quantitative estimate of drug-likeness (QED) is 0.254. The van der Waals surface area contributed by atoms with Crippen LogP contribution in [0.2, 0.25) is 0 Å². The SMILES string of the molecule is CCn1c(SCC(=O)N/N=C/c2ccc(O)cc2O)nnc1-c1ccc(OC)c(OC)c1. The lowest BCUT2D eigenvalue weighted by Gasteiger charge is -2.10. The Morgan fingerprint density at radius 3 is 2.62 bits per heavy atom. The summed E-state index contributed by atoms with van der Waals surface area (Å²) in [7, 11) is 3.14. The molecular weight excluding hydrogens is 434 g/mol. The van der Waals surface area contributed by atoms with Gasteiger partial charge in [-0.2, -0.15) is 5.10 Å². The Hall–Kier alpha value is -3.73. The molecule has 0 spiro atoms. The van der Waals surface area contributed by atoms with Crippen molar-refractivity contribution in [3.63, 3.8) is 0 Å². The number of methoxy groups -OCH3 is 2. The van der Waals surface area contributed by atoms with Crippen molar-refractivity contribution in [1.29, 1.82) is 0 Å². The number of phenolic OH excluding ortho intramolecular Hbond substituents is 2. The highest BCUT2D eigenvalue weighted by molar-refractivity contribution is 7.99. The Kier molecular flexibility index (Phi) is 7.55. The molecule has 3 N–H and O–H groups in total. The Morgan fingerprint density at radius 1 is 1.16 bits per heavy atom. The average molecular weight is 458 g/mol. The summed E-state index contributed by atoms with van der Waals surface area (Å²) in [5.74, 6) is 1.37. The van der Waals surface area contributed by atoms with E-state index in [2.05, 4.69) is 20.7 Å². The molecule has 32 heavy (non-hydrogen) atoms. The standard InChI is InChI=1S/C21H23N5O5S/c1-4-26-20(13-6-8-17(30-2)18(9-13)31-3)24-25-21(26)32-12-19(29)23-22-11-14-5-7-15(27)10-16(14)28/h5-11,27-28H,4,12H2,1-3H3,(H,23,29)/b22-11+. The van der Waals surface area contributed by atoms with Crippen LogP contribution >= 0.6 is 11.8 Å². The zero-order valence-corrected chi connectivity index (χ0v) is 18.6. The second-order valence-corrected chi connectivity index (χ2v) is 7.39. The number of rotatable bonds is 9. The second-order valence-electron chi connectivity index (χ2n) is 6.45. The molecule has 10 nitrogen and oxygen atoms in total. The van der Waals surface area contributed by atoms with Gasteiger partial charge in [-0.1, -0.05) is 11.8 Å². The molecule has 0 saturated carbocycles. The molecule has 168 valence electrons. The number of thioether (sulfide) groups is 1. The first-order valence-corrected chi connectivity index (χ1v) is 10.6. The van der Waals surface area contributed by atoms with Crippen molar-refractivity contribution in [3.05, 3.63) is 42.0 Å². The summed E-state index contributed by atoms with van der Waals surface area (Å²) in [4.78, 5) is 12.1. The van der Waals surface area contributed by atoms with Crippen molar-refractivity contribution in [1.82, 2.24) is 20.2 Å². The third-order valence-electron chi connectivity index (χ3n) is 4.41. The highest BCUT2D eigenvalue weighted by atomic mass is 32.2. The first-order valence-electron chi connectivity index (χ1n) is 9.59. The van der Waals surface area contributed by atoms with Crippen LogP contribution in [0.15, 0.2) is 46.7 Å². The molecule has 0 fully saturated rings. The zero-order valence-electron chi connectivity index (χ0n) is 17.8. The summed E-state index contributed by atoms with van der Waals surface area (Å²) in [6.07, 6.45) is 1.29. The van der Waals surface area contributed by atoms with Crippen LogP contribution in [0, 0.1) is 0 Å². The predicted molar refractivity (Wildman–Crippen MR) is 120 cm³/mol. The summed E-state index contributed by atoms with van der Waals surface area (Å²) >= 11 is 1.23. The van der Waals surface area contributed by atoms with E-state index >= 15 is 0 Å². The molecule has 0 saturated heterocycles. The molecule has 1 amide bonds. The Bertz CT molecular complexity index is 1130. The summed E-state index contributed by atoms with van der Waals surface area (Å²) in [6, 6.07) is 9.57. The van der Waals surface area contributed by atoms with E-state index in [1.165, 1.54) is 36.2 Å². The maximum atomic E-state index is 12.1. The third-order valence-corrected chi connectivity index (χ3v) is 5.38. The summed E-state index contributed by atoms with van der Waals surface area (Å²) in [5.41, 5.74) is 3.57. The van der Waals surface area contributed by atoms with Crippen LogP contribution in [-0.2, 0) is 11.3 Å². The highest BCUT2D eigenvalue weighted by Crippen LogP contribution is 2.32. The normalized spacial score (nSPS) is 11.0. The molecule has 1 aromatic heterocycles. The average Bonchev–Trinajstić information content (AvgIpc) is 3.21. The fourth-order valence-electron chi connectivity index (χ4n) is 2.85. The number of ether oxygens (including phenoxy) is 2. The minimum absolute atomic E-state index is 0.0624. The van der Waals surface area contributed by atoms with Crippen molar-refractivity contribution < 1.29 is 24.5 Å². The molecule has 3 rings (SSSR count). The first kappa shape index (κ1) is 22.9. The van der Waals surface area contributed by atoms with Crippen molar-refractivity contribution in [2.75, 3.05) is 20.0 Å². The minimum Gasteiger partial charge on any atom is -0.508 e. The number of aromatic hydroxyl groups is 2. The maximum absolute atomic E-state index is 12.1. The molecule has 1 heterocycles. The highest BCUT2D eigenvalue weighted by Gasteiger charge is 2.16. The summed E-state index contributed by atoms with van der Waals surface area (Å²) in [6.45, 7) is 2.57. The van der Waals surface area contributed by atoms with Gasteiger partial charge in [-0.3, -0.25) is 4.79 Å². The molecule has 11 heteroatoms. The summed E-state index contributed by atoms with van der Waals surface area (Å²) in [5, 5.41) is 31.9. The van der Waals surface area contributed by atoms with Gasteiger partial charge < -0.3 is 24.3 Å². The molecule has 0 radical (unpaired) electrons. The van der Waals surface area contributed by atoms with Crippen molar-refractivity contribution >= 4 is 23.9 Å². The maximum Gasteiger partial charge on any atom is 0.250 e. The van der Waals surface area contributed by atoms with Crippen LogP contribution in [0.5, 0.6) is 23.0 Å². The van der Waals surface area contributed by atoms with E-state index in [1.54, 1.807) is 20.3 Å². The van der Waals surface area contributed by atoms with Gasteiger partial charge >= 0.3 is 0 Å². The number of hydrazone groups is 1. The fourth-order valence-corrected chi connectivity index (χ4v) is 3.64. The van der Waals surface area contributed by atoms with E-state index in [9.17, 15) is 15.0 Å². The van der Waals surface area contributed by atoms with Gasteiger partial charge in [0.1, 0.15) is 11.5 Å². The van der Waals surface area contributed by atoms with Crippen molar-refractivity contribution in [2.24, 2.45) is 5.10 Å². The number of aromatic nitrogens is 3. The van der Waals surface area contributed by atoms with Crippen LogP contribution in [0.4, 0.5) is 0 Å². The number of nitrogens with zero attached hydrogens (tertiary/aromatic N) is 4. The Balaban J connectivity index is 1.65. The monoisotopic (exact) mass is 457 g/mol. The van der Waals surface area contributed by atoms with E-state index in [0.29, 0.717) is 34.6 Å². The summed E-state index contributed by atoms with van der Waals surface area (Å²) < 4.78 is 12.5. The lowest BCUT2D eigenvalue weighted by atomic mass is 10.2. The van der Waals surface area contributed by atoms with Gasteiger partial charge in [-0.25, -0.2) is 5.43 Å². The van der Waals surface area contributed by atoms with Gasteiger partial charge in [0.05, 0.1) is 26.2 Å².